The Morgan fingerprint density at radius 2 is 2.10 bits per heavy atom. The molecule has 0 aliphatic carbocycles. The third-order valence-electron chi connectivity index (χ3n) is 4.74. The van der Waals surface area contributed by atoms with E-state index in [1.54, 1.807) is 43.5 Å². The van der Waals surface area contributed by atoms with Gasteiger partial charge < -0.3 is 15.2 Å². The number of benzene rings is 2. The molecule has 0 saturated heterocycles. The highest BCUT2D eigenvalue weighted by molar-refractivity contribution is 5.72. The maximum Gasteiger partial charge on any atom is 0.273 e. The Kier molecular flexibility index (Phi) is 4.37. The predicted octanol–water partition coefficient (Wildman–Crippen LogP) is 3.21. The molecule has 0 amide bonds. The van der Waals surface area contributed by atoms with Crippen molar-refractivity contribution in [2.45, 2.75) is 5.92 Å². The molecule has 3 N–H and O–H groups in total. The van der Waals surface area contributed by atoms with Crippen LogP contribution in [0.5, 0.6) is 11.6 Å². The number of ether oxygens (including phenoxy) is 2. The van der Waals surface area contributed by atoms with Gasteiger partial charge >= 0.3 is 0 Å². The van der Waals surface area contributed by atoms with E-state index in [9.17, 15) is 15.4 Å². The molecule has 2 heterocycles. The molecule has 2 aromatic carbocycles. The molecule has 9 heteroatoms. The summed E-state index contributed by atoms with van der Waals surface area (Å²) in [5.74, 6) is -0.153. The summed E-state index contributed by atoms with van der Waals surface area (Å²) in [5.41, 5.74) is 8.01. The second-order valence-corrected chi connectivity index (χ2v) is 6.29. The van der Waals surface area contributed by atoms with Gasteiger partial charge in [-0.1, -0.05) is 30.3 Å². The summed E-state index contributed by atoms with van der Waals surface area (Å²) in [5, 5.41) is 28.5. The first-order valence-electron chi connectivity index (χ1n) is 8.58. The molecule has 1 aliphatic heterocycles. The van der Waals surface area contributed by atoms with Gasteiger partial charge in [-0.2, -0.15) is 5.26 Å². The number of nitriles is 1. The van der Waals surface area contributed by atoms with Gasteiger partial charge in [-0.05, 0) is 12.1 Å². The van der Waals surface area contributed by atoms with Crippen molar-refractivity contribution in [3.63, 3.8) is 0 Å². The minimum atomic E-state index is -0.815. The molecule has 1 unspecified atom stereocenters. The fourth-order valence-electron chi connectivity index (χ4n) is 3.45. The van der Waals surface area contributed by atoms with E-state index in [0.717, 1.165) is 5.56 Å². The van der Waals surface area contributed by atoms with Gasteiger partial charge in [0.1, 0.15) is 17.4 Å². The van der Waals surface area contributed by atoms with Crippen LogP contribution in [0.25, 0.3) is 11.3 Å². The van der Waals surface area contributed by atoms with Crippen LogP contribution in [-0.2, 0) is 0 Å². The average molecular weight is 389 g/mol. The number of nitrogens with one attached hydrogen (secondary N) is 1. The lowest BCUT2D eigenvalue weighted by Crippen LogP contribution is -2.21. The van der Waals surface area contributed by atoms with Crippen molar-refractivity contribution < 1.29 is 14.4 Å². The number of rotatable bonds is 4. The molecular formula is C20H15N5O4. The molecule has 0 bridgehead atoms. The van der Waals surface area contributed by atoms with Gasteiger partial charge in [0.2, 0.25) is 11.8 Å². The van der Waals surface area contributed by atoms with Gasteiger partial charge in [0.25, 0.3) is 5.69 Å². The van der Waals surface area contributed by atoms with E-state index in [4.69, 9.17) is 15.2 Å². The number of hydrogen-bond donors (Lipinski definition) is 2. The second kappa shape index (κ2) is 7.01. The fourth-order valence-corrected chi connectivity index (χ4v) is 3.45. The maximum atomic E-state index is 11.6. The first-order chi connectivity index (χ1) is 14.0. The number of aromatic amines is 1. The molecule has 0 saturated carbocycles. The van der Waals surface area contributed by atoms with Gasteiger partial charge in [0.15, 0.2) is 0 Å². The number of nitrogens with two attached hydrogens (primary N) is 1. The molecule has 0 spiro atoms. The Balaban J connectivity index is 1.99. The summed E-state index contributed by atoms with van der Waals surface area (Å²) in [6, 6.07) is 15.5. The molecule has 0 fully saturated rings. The largest absolute Gasteiger partial charge is 0.497 e. The molecule has 0 radical (unpaired) electrons. The molecule has 3 aromatic rings. The van der Waals surface area contributed by atoms with E-state index < -0.39 is 10.8 Å². The third kappa shape index (κ3) is 2.93. The summed E-state index contributed by atoms with van der Waals surface area (Å²) in [4.78, 5) is 11.1. The molecule has 9 nitrogen and oxygen atoms in total. The van der Waals surface area contributed by atoms with Crippen molar-refractivity contribution in [1.82, 2.24) is 10.2 Å². The molecule has 144 valence electrons. The molecular weight excluding hydrogens is 374 g/mol. The van der Waals surface area contributed by atoms with Crippen molar-refractivity contribution >= 4 is 5.69 Å². The highest BCUT2D eigenvalue weighted by Crippen LogP contribution is 2.47. The highest BCUT2D eigenvalue weighted by atomic mass is 16.6. The van der Waals surface area contributed by atoms with Crippen LogP contribution in [0.4, 0.5) is 5.69 Å². The summed E-state index contributed by atoms with van der Waals surface area (Å²) in [6.45, 7) is 0. The molecule has 4 rings (SSSR count). The van der Waals surface area contributed by atoms with Crippen molar-refractivity contribution in [2.75, 3.05) is 7.11 Å². The number of H-pyrrole nitrogens is 1. The van der Waals surface area contributed by atoms with Gasteiger partial charge in [-0.3, -0.25) is 15.2 Å². The summed E-state index contributed by atoms with van der Waals surface area (Å²) < 4.78 is 10.8. The zero-order valence-corrected chi connectivity index (χ0v) is 15.2. The SMILES string of the molecule is COc1cccc(-c2[nH]nc3c2C(c2ccccc2[N+](=O)[O-])C(C#N)=C(N)O3)c1. The van der Waals surface area contributed by atoms with E-state index in [2.05, 4.69) is 10.2 Å². The zero-order valence-electron chi connectivity index (χ0n) is 15.2. The van der Waals surface area contributed by atoms with Crippen LogP contribution < -0.4 is 15.2 Å². The Morgan fingerprint density at radius 1 is 1.31 bits per heavy atom. The number of para-hydroxylation sites is 1. The predicted molar refractivity (Wildman–Crippen MR) is 103 cm³/mol. The van der Waals surface area contributed by atoms with E-state index >= 15 is 0 Å². The Labute approximate surface area is 165 Å². The minimum Gasteiger partial charge on any atom is -0.497 e. The standard InChI is InChI=1S/C20H15N5O4/c1-28-12-6-4-5-11(9-12)18-17-16(13-7-2-3-8-15(13)25(26)27)14(10-21)19(22)29-20(17)24-23-18/h2-9,16H,22H2,1H3,(H,23,24). The Bertz CT molecular complexity index is 1190. The first kappa shape index (κ1) is 18.1. The van der Waals surface area contributed by atoms with Crippen molar-refractivity contribution in [3.05, 3.63) is 81.2 Å². The van der Waals surface area contributed by atoms with Gasteiger partial charge in [-0.15, -0.1) is 5.10 Å². The topological polar surface area (TPSA) is 140 Å². The number of fused-ring (bicyclic) bond motifs is 1. The third-order valence-corrected chi connectivity index (χ3v) is 4.74. The number of nitro benzene ring substituents is 1. The minimum absolute atomic E-state index is 0.0809. The van der Waals surface area contributed by atoms with E-state index in [1.807, 2.05) is 12.1 Å². The van der Waals surface area contributed by atoms with Gasteiger partial charge in [0, 0.05) is 17.2 Å². The van der Waals surface area contributed by atoms with E-state index in [-0.39, 0.29) is 23.0 Å². The molecule has 1 aliphatic rings. The smallest absolute Gasteiger partial charge is 0.273 e. The number of methoxy groups -OCH3 is 1. The Hall–Kier alpha value is -4.32. The summed E-state index contributed by atoms with van der Waals surface area (Å²) in [6.07, 6.45) is 0. The summed E-state index contributed by atoms with van der Waals surface area (Å²) >= 11 is 0. The van der Waals surface area contributed by atoms with Gasteiger partial charge in [0.05, 0.1) is 29.2 Å². The lowest BCUT2D eigenvalue weighted by Gasteiger charge is -2.24. The van der Waals surface area contributed by atoms with Crippen LogP contribution in [0, 0.1) is 21.4 Å². The van der Waals surface area contributed by atoms with Gasteiger partial charge in [-0.25, -0.2) is 0 Å². The first-order valence-corrected chi connectivity index (χ1v) is 8.58. The number of nitrogens with zero attached hydrogens (tertiary/aromatic N) is 3. The molecule has 1 aromatic heterocycles. The van der Waals surface area contributed by atoms with Crippen molar-refractivity contribution in [1.29, 1.82) is 5.26 Å². The van der Waals surface area contributed by atoms with Crippen LogP contribution >= 0.6 is 0 Å². The number of hydrogen-bond acceptors (Lipinski definition) is 7. The van der Waals surface area contributed by atoms with Crippen LogP contribution in [0.2, 0.25) is 0 Å². The average Bonchev–Trinajstić information content (AvgIpc) is 3.16. The van der Waals surface area contributed by atoms with Crippen LogP contribution in [0.1, 0.15) is 17.0 Å². The second-order valence-electron chi connectivity index (χ2n) is 6.29. The Morgan fingerprint density at radius 3 is 2.83 bits per heavy atom. The number of allylic oxidation sites excluding steroid dienone is 1. The van der Waals surface area contributed by atoms with Crippen LogP contribution in [0.3, 0.4) is 0 Å². The highest BCUT2D eigenvalue weighted by Gasteiger charge is 2.38. The van der Waals surface area contributed by atoms with Crippen molar-refractivity contribution in [2.24, 2.45) is 5.73 Å². The lowest BCUT2D eigenvalue weighted by molar-refractivity contribution is -0.385. The maximum absolute atomic E-state index is 11.6. The monoisotopic (exact) mass is 389 g/mol. The number of nitro groups is 1. The van der Waals surface area contributed by atoms with Crippen molar-refractivity contribution in [3.8, 4) is 29.0 Å². The van der Waals surface area contributed by atoms with Crippen LogP contribution in [0.15, 0.2) is 60.0 Å². The van der Waals surface area contributed by atoms with E-state index in [1.165, 1.54) is 6.07 Å². The van der Waals surface area contributed by atoms with Crippen LogP contribution in [-0.4, -0.2) is 22.2 Å². The lowest BCUT2D eigenvalue weighted by atomic mass is 9.82. The quantitative estimate of drug-likeness (QED) is 0.515. The normalized spacial score (nSPS) is 15.2. The van der Waals surface area contributed by atoms with E-state index in [0.29, 0.717) is 22.6 Å². The molecule has 1 atom stereocenters. The fraction of sp³-hybridized carbons (Fsp3) is 0.100. The molecule has 29 heavy (non-hydrogen) atoms. The zero-order chi connectivity index (χ0) is 20.5. The number of aromatic nitrogens is 2. The summed E-state index contributed by atoms with van der Waals surface area (Å²) in [7, 11) is 1.55.